The first-order valence-electron chi connectivity index (χ1n) is 7.14. The smallest absolute Gasteiger partial charge is 0.100 e. The van der Waals surface area contributed by atoms with Gasteiger partial charge in [-0.15, -0.1) is 0 Å². The van der Waals surface area contributed by atoms with Gasteiger partial charge in [-0.2, -0.15) is 5.26 Å². The molecule has 1 aromatic carbocycles. The molecule has 3 heteroatoms. The molecule has 0 atom stereocenters. The Bertz CT molecular complexity index is 710. The van der Waals surface area contributed by atoms with E-state index in [1.807, 2.05) is 12.1 Å². The van der Waals surface area contributed by atoms with Gasteiger partial charge in [-0.3, -0.25) is 4.98 Å². The molecule has 0 radical (unpaired) electrons. The molecule has 102 valence electrons. The number of hydrogen-bond acceptors (Lipinski definition) is 3. The van der Waals surface area contributed by atoms with Crippen LogP contribution in [0.5, 0.6) is 0 Å². The molecule has 3 rings (SSSR count). The third-order valence-corrected chi connectivity index (χ3v) is 4.13. The Hall–Kier alpha value is -1.92. The van der Waals surface area contributed by atoms with Crippen molar-refractivity contribution in [1.82, 2.24) is 9.88 Å². The van der Waals surface area contributed by atoms with Crippen LogP contribution < -0.4 is 0 Å². The fourth-order valence-electron chi connectivity index (χ4n) is 3.01. The topological polar surface area (TPSA) is 39.9 Å². The molecule has 0 spiro atoms. The number of likely N-dealkylation sites (N-methyl/N-ethyl adjacent to an activating group) is 1. The van der Waals surface area contributed by atoms with Gasteiger partial charge in [0.25, 0.3) is 0 Å². The average Bonchev–Trinajstić information content (AvgIpc) is 2.44. The fraction of sp³-hybridized carbons (Fsp3) is 0.412. The maximum absolute atomic E-state index is 9.61. The van der Waals surface area contributed by atoms with Gasteiger partial charge < -0.3 is 4.90 Å². The summed E-state index contributed by atoms with van der Waals surface area (Å²) < 4.78 is 0. The van der Waals surface area contributed by atoms with Gasteiger partial charge >= 0.3 is 0 Å². The summed E-state index contributed by atoms with van der Waals surface area (Å²) in [6.07, 6.45) is 0.933. The first kappa shape index (κ1) is 13.1. The van der Waals surface area contributed by atoms with E-state index in [9.17, 15) is 5.26 Å². The zero-order valence-electron chi connectivity index (χ0n) is 12.3. The zero-order valence-corrected chi connectivity index (χ0v) is 12.3. The normalized spacial score (nSPS) is 15.3. The highest BCUT2D eigenvalue weighted by Crippen LogP contribution is 2.31. The molecule has 0 saturated heterocycles. The van der Waals surface area contributed by atoms with Crippen LogP contribution in [-0.2, 0) is 13.0 Å². The number of aromatic nitrogens is 1. The highest BCUT2D eigenvalue weighted by atomic mass is 15.1. The van der Waals surface area contributed by atoms with Crippen molar-refractivity contribution in [2.24, 2.45) is 0 Å². The van der Waals surface area contributed by atoms with Crippen LogP contribution in [0.4, 0.5) is 0 Å². The summed E-state index contributed by atoms with van der Waals surface area (Å²) in [5.41, 5.74) is 5.30. The Kier molecular flexibility index (Phi) is 3.19. The van der Waals surface area contributed by atoms with Crippen molar-refractivity contribution in [2.75, 3.05) is 13.6 Å². The predicted octanol–water partition coefficient (Wildman–Crippen LogP) is 3.22. The molecule has 2 aromatic rings. The molecule has 20 heavy (non-hydrogen) atoms. The maximum atomic E-state index is 9.61. The lowest BCUT2D eigenvalue weighted by molar-refractivity contribution is 0.310. The summed E-state index contributed by atoms with van der Waals surface area (Å²) in [7, 11) is 2.10. The van der Waals surface area contributed by atoms with Gasteiger partial charge in [0.1, 0.15) is 6.07 Å². The molecule has 0 bridgehead atoms. The van der Waals surface area contributed by atoms with Crippen molar-refractivity contribution in [1.29, 1.82) is 5.26 Å². The number of fused-ring (bicyclic) bond motifs is 2. The van der Waals surface area contributed by atoms with Crippen LogP contribution in [0, 0.1) is 11.3 Å². The molecular weight excluding hydrogens is 246 g/mol. The van der Waals surface area contributed by atoms with Crippen molar-refractivity contribution in [3.63, 3.8) is 0 Å². The highest BCUT2D eigenvalue weighted by Gasteiger charge is 2.21. The number of rotatable bonds is 1. The average molecular weight is 265 g/mol. The van der Waals surface area contributed by atoms with Gasteiger partial charge in [0, 0.05) is 36.2 Å². The van der Waals surface area contributed by atoms with E-state index >= 15 is 0 Å². The predicted molar refractivity (Wildman–Crippen MR) is 80.6 cm³/mol. The molecule has 0 saturated carbocycles. The SMILES string of the molecule is CC(C)c1cccc2c(C#N)c3c(nc12)CCN(C)C3. The second-order valence-electron chi connectivity index (χ2n) is 5.91. The first-order valence-corrected chi connectivity index (χ1v) is 7.14. The van der Waals surface area contributed by atoms with Gasteiger partial charge in [-0.05, 0) is 18.5 Å². The fourth-order valence-corrected chi connectivity index (χ4v) is 3.01. The Morgan fingerprint density at radius 1 is 1.35 bits per heavy atom. The van der Waals surface area contributed by atoms with Crippen LogP contribution in [0.2, 0.25) is 0 Å². The highest BCUT2D eigenvalue weighted by molar-refractivity contribution is 5.89. The number of pyridine rings is 1. The molecule has 0 aliphatic carbocycles. The third-order valence-electron chi connectivity index (χ3n) is 4.13. The van der Waals surface area contributed by atoms with E-state index in [1.165, 1.54) is 5.56 Å². The number of nitrogens with zero attached hydrogens (tertiary/aromatic N) is 3. The van der Waals surface area contributed by atoms with E-state index in [1.54, 1.807) is 0 Å². The standard InChI is InChI=1S/C17H19N3/c1-11(2)12-5-4-6-13-14(9-18)15-10-20(3)8-7-16(15)19-17(12)13/h4-6,11H,7-8,10H2,1-3H3. The van der Waals surface area contributed by atoms with Crippen molar-refractivity contribution >= 4 is 10.9 Å². The van der Waals surface area contributed by atoms with Gasteiger partial charge in [0.15, 0.2) is 0 Å². The minimum Gasteiger partial charge on any atom is -0.302 e. The van der Waals surface area contributed by atoms with E-state index < -0.39 is 0 Å². The summed E-state index contributed by atoms with van der Waals surface area (Å²) in [5, 5.41) is 10.6. The van der Waals surface area contributed by atoms with E-state index in [0.717, 1.165) is 47.2 Å². The summed E-state index contributed by atoms with van der Waals surface area (Å²) in [4.78, 5) is 7.16. The van der Waals surface area contributed by atoms with Crippen LogP contribution in [0.15, 0.2) is 18.2 Å². The monoisotopic (exact) mass is 265 g/mol. The molecule has 1 aliphatic rings. The lowest BCUT2D eigenvalue weighted by Crippen LogP contribution is -2.28. The minimum absolute atomic E-state index is 0.419. The molecule has 0 fully saturated rings. The summed E-state index contributed by atoms with van der Waals surface area (Å²) >= 11 is 0. The molecular formula is C17H19N3. The minimum atomic E-state index is 0.419. The number of hydrogen-bond donors (Lipinski definition) is 0. The van der Waals surface area contributed by atoms with E-state index in [-0.39, 0.29) is 0 Å². The van der Waals surface area contributed by atoms with Crippen LogP contribution in [0.25, 0.3) is 10.9 Å². The lowest BCUT2D eigenvalue weighted by Gasteiger charge is -2.26. The molecule has 1 aromatic heterocycles. The van der Waals surface area contributed by atoms with Gasteiger partial charge in [-0.1, -0.05) is 32.0 Å². The van der Waals surface area contributed by atoms with Crippen molar-refractivity contribution in [3.8, 4) is 6.07 Å². The summed E-state index contributed by atoms with van der Waals surface area (Å²) in [5.74, 6) is 0.419. The summed E-state index contributed by atoms with van der Waals surface area (Å²) in [6, 6.07) is 8.62. The van der Waals surface area contributed by atoms with Crippen LogP contribution >= 0.6 is 0 Å². The Balaban J connectivity index is 2.36. The first-order chi connectivity index (χ1) is 9.61. The Morgan fingerprint density at radius 3 is 2.85 bits per heavy atom. The van der Waals surface area contributed by atoms with E-state index in [4.69, 9.17) is 4.98 Å². The molecule has 1 aliphatic heterocycles. The third kappa shape index (κ3) is 1.97. The van der Waals surface area contributed by atoms with Crippen LogP contribution in [0.3, 0.4) is 0 Å². The van der Waals surface area contributed by atoms with E-state index in [2.05, 4.69) is 37.9 Å². The van der Waals surface area contributed by atoms with Crippen molar-refractivity contribution < 1.29 is 0 Å². The van der Waals surface area contributed by atoms with Gasteiger partial charge in [0.05, 0.1) is 11.1 Å². The largest absolute Gasteiger partial charge is 0.302 e. The van der Waals surface area contributed by atoms with Crippen LogP contribution in [0.1, 0.15) is 42.1 Å². The Labute approximate surface area is 119 Å². The zero-order chi connectivity index (χ0) is 14.3. The lowest BCUT2D eigenvalue weighted by atomic mass is 9.93. The van der Waals surface area contributed by atoms with Gasteiger partial charge in [-0.25, -0.2) is 0 Å². The molecule has 0 N–H and O–H groups in total. The van der Waals surface area contributed by atoms with Crippen molar-refractivity contribution in [2.45, 2.75) is 32.7 Å². The molecule has 3 nitrogen and oxygen atoms in total. The number of para-hydroxylation sites is 1. The van der Waals surface area contributed by atoms with E-state index in [0.29, 0.717) is 5.92 Å². The summed E-state index contributed by atoms with van der Waals surface area (Å²) in [6.45, 7) is 6.19. The molecule has 0 amide bonds. The van der Waals surface area contributed by atoms with Crippen LogP contribution in [-0.4, -0.2) is 23.5 Å². The second kappa shape index (κ2) is 4.88. The number of benzene rings is 1. The molecule has 0 unspecified atom stereocenters. The Morgan fingerprint density at radius 2 is 2.15 bits per heavy atom. The maximum Gasteiger partial charge on any atom is 0.100 e. The van der Waals surface area contributed by atoms with Gasteiger partial charge in [0.2, 0.25) is 0 Å². The second-order valence-corrected chi connectivity index (χ2v) is 5.91. The van der Waals surface area contributed by atoms with Crippen molar-refractivity contribution in [3.05, 3.63) is 40.6 Å². The quantitative estimate of drug-likeness (QED) is 0.795. The number of nitriles is 1. The molecule has 2 heterocycles.